The Morgan fingerprint density at radius 3 is 2.81 bits per heavy atom. The van der Waals surface area contributed by atoms with Gasteiger partial charge in [-0.2, -0.15) is 0 Å². The van der Waals surface area contributed by atoms with Gasteiger partial charge in [0.2, 0.25) is 0 Å². The maximum atomic E-state index is 13.5. The summed E-state index contributed by atoms with van der Waals surface area (Å²) in [6.45, 7) is 0. The molecule has 0 atom stereocenters. The second-order valence-electron chi connectivity index (χ2n) is 4.17. The van der Waals surface area contributed by atoms with E-state index >= 15 is 0 Å². The molecule has 1 aromatic heterocycles. The van der Waals surface area contributed by atoms with E-state index in [1.807, 2.05) is 4.57 Å². The molecule has 1 saturated carbocycles. The number of nitrogens with one attached hydrogen (secondary N) is 1. The van der Waals surface area contributed by atoms with Crippen molar-refractivity contribution in [3.63, 3.8) is 0 Å². The highest BCUT2D eigenvalue weighted by atomic mass is 79.9. The molecule has 1 fully saturated rings. The zero-order valence-corrected chi connectivity index (χ0v) is 10.9. The fourth-order valence-electron chi connectivity index (χ4n) is 2.13. The van der Waals surface area contributed by atoms with Crippen molar-refractivity contribution in [2.45, 2.75) is 25.3 Å². The Bertz CT molecular complexity index is 612. The molecular formula is C11H10BrFN2S. The van der Waals surface area contributed by atoms with Crippen LogP contribution in [0.3, 0.4) is 0 Å². The molecular weight excluding hydrogens is 291 g/mol. The molecule has 1 aromatic carbocycles. The van der Waals surface area contributed by atoms with Gasteiger partial charge in [-0.05, 0) is 53.5 Å². The Labute approximate surface area is 106 Å². The van der Waals surface area contributed by atoms with Gasteiger partial charge in [0.1, 0.15) is 5.82 Å². The zero-order valence-electron chi connectivity index (χ0n) is 8.46. The molecule has 0 unspecified atom stereocenters. The summed E-state index contributed by atoms with van der Waals surface area (Å²) in [5.41, 5.74) is 1.76. The maximum Gasteiger partial charge on any atom is 0.178 e. The predicted molar refractivity (Wildman–Crippen MR) is 67.7 cm³/mol. The van der Waals surface area contributed by atoms with Gasteiger partial charge in [-0.15, -0.1) is 0 Å². The third-order valence-electron chi connectivity index (χ3n) is 3.20. The molecule has 0 aliphatic heterocycles. The van der Waals surface area contributed by atoms with E-state index in [0.717, 1.165) is 23.9 Å². The third kappa shape index (κ3) is 1.45. The van der Waals surface area contributed by atoms with Crippen molar-refractivity contribution >= 4 is 39.2 Å². The van der Waals surface area contributed by atoms with E-state index in [1.54, 1.807) is 12.1 Å². The second-order valence-corrected chi connectivity index (χ2v) is 5.41. The average Bonchev–Trinajstić information content (AvgIpc) is 2.43. The number of aromatic nitrogens is 2. The van der Waals surface area contributed by atoms with Crippen molar-refractivity contribution in [3.8, 4) is 0 Å². The highest BCUT2D eigenvalue weighted by molar-refractivity contribution is 9.10. The number of hydrogen-bond donors (Lipinski definition) is 1. The standard InChI is InChI=1S/C11H10BrFN2S/c12-7-4-9-10(5-8(7)13)15(11(16)14-9)6-2-1-3-6/h4-6H,1-3H2,(H,14,16). The van der Waals surface area contributed by atoms with Crippen LogP contribution in [-0.2, 0) is 0 Å². The summed E-state index contributed by atoms with van der Waals surface area (Å²) in [6.07, 6.45) is 3.51. The van der Waals surface area contributed by atoms with Crippen LogP contribution in [0.1, 0.15) is 25.3 Å². The lowest BCUT2D eigenvalue weighted by Crippen LogP contribution is -2.16. The van der Waals surface area contributed by atoms with Crippen LogP contribution in [0.15, 0.2) is 16.6 Å². The monoisotopic (exact) mass is 300 g/mol. The van der Waals surface area contributed by atoms with Crippen LogP contribution in [0.25, 0.3) is 11.0 Å². The summed E-state index contributed by atoms with van der Waals surface area (Å²) in [7, 11) is 0. The van der Waals surface area contributed by atoms with Gasteiger partial charge in [0.05, 0.1) is 15.5 Å². The van der Waals surface area contributed by atoms with E-state index in [9.17, 15) is 4.39 Å². The van der Waals surface area contributed by atoms with Crippen molar-refractivity contribution < 1.29 is 4.39 Å². The number of H-pyrrole nitrogens is 1. The number of aromatic amines is 1. The van der Waals surface area contributed by atoms with Crippen LogP contribution in [0, 0.1) is 10.6 Å². The highest BCUT2D eigenvalue weighted by Gasteiger charge is 2.22. The molecule has 1 aliphatic rings. The Morgan fingerprint density at radius 1 is 1.44 bits per heavy atom. The summed E-state index contributed by atoms with van der Waals surface area (Å²) in [6, 6.07) is 3.74. The van der Waals surface area contributed by atoms with Gasteiger partial charge in [-0.3, -0.25) is 0 Å². The predicted octanol–water partition coefficient (Wildman–Crippen LogP) is 4.33. The quantitative estimate of drug-likeness (QED) is 0.778. The molecule has 1 aliphatic carbocycles. The van der Waals surface area contributed by atoms with Crippen LogP contribution < -0.4 is 0 Å². The molecule has 3 rings (SSSR count). The van der Waals surface area contributed by atoms with Crippen LogP contribution >= 0.6 is 28.1 Å². The maximum absolute atomic E-state index is 13.5. The van der Waals surface area contributed by atoms with E-state index in [4.69, 9.17) is 12.2 Å². The van der Waals surface area contributed by atoms with Gasteiger partial charge < -0.3 is 9.55 Å². The molecule has 1 heterocycles. The van der Waals surface area contributed by atoms with E-state index in [1.165, 1.54) is 6.42 Å². The zero-order chi connectivity index (χ0) is 11.3. The molecule has 84 valence electrons. The first-order chi connectivity index (χ1) is 7.66. The van der Waals surface area contributed by atoms with E-state index in [0.29, 0.717) is 15.3 Å². The molecule has 0 saturated heterocycles. The SMILES string of the molecule is Fc1cc2c(cc1Br)[nH]c(=S)n2C1CCC1. The fraction of sp³-hybridized carbons (Fsp3) is 0.364. The smallest absolute Gasteiger partial charge is 0.178 e. The van der Waals surface area contributed by atoms with Crippen molar-refractivity contribution in [1.29, 1.82) is 0 Å². The van der Waals surface area contributed by atoms with E-state index in [-0.39, 0.29) is 5.82 Å². The minimum Gasteiger partial charge on any atom is -0.331 e. The Hall–Kier alpha value is -0.680. The molecule has 0 amide bonds. The Balaban J connectivity index is 2.30. The minimum absolute atomic E-state index is 0.241. The van der Waals surface area contributed by atoms with Crippen LogP contribution in [0.2, 0.25) is 0 Å². The normalized spacial score (nSPS) is 16.6. The Kier molecular flexibility index (Phi) is 2.40. The lowest BCUT2D eigenvalue weighted by Gasteiger charge is -2.27. The van der Waals surface area contributed by atoms with E-state index in [2.05, 4.69) is 20.9 Å². The molecule has 0 radical (unpaired) electrons. The number of imidazole rings is 1. The first-order valence-corrected chi connectivity index (χ1v) is 6.46. The summed E-state index contributed by atoms with van der Waals surface area (Å²) < 4.78 is 16.7. The lowest BCUT2D eigenvalue weighted by molar-refractivity contribution is 0.317. The molecule has 1 N–H and O–H groups in total. The molecule has 0 bridgehead atoms. The number of hydrogen-bond acceptors (Lipinski definition) is 1. The van der Waals surface area contributed by atoms with Gasteiger partial charge in [-0.1, -0.05) is 0 Å². The Morgan fingerprint density at radius 2 is 2.19 bits per heavy atom. The van der Waals surface area contributed by atoms with Gasteiger partial charge in [0.15, 0.2) is 4.77 Å². The van der Waals surface area contributed by atoms with Crippen LogP contribution in [-0.4, -0.2) is 9.55 Å². The molecule has 2 aromatic rings. The number of halogens is 2. The summed E-state index contributed by atoms with van der Waals surface area (Å²) in [5.74, 6) is -0.241. The number of nitrogens with zero attached hydrogens (tertiary/aromatic N) is 1. The van der Waals surface area contributed by atoms with Gasteiger partial charge in [0.25, 0.3) is 0 Å². The molecule has 0 spiro atoms. The topological polar surface area (TPSA) is 20.7 Å². The van der Waals surface area contributed by atoms with Gasteiger partial charge in [-0.25, -0.2) is 4.39 Å². The fourth-order valence-corrected chi connectivity index (χ4v) is 2.83. The number of rotatable bonds is 1. The molecule has 2 nitrogen and oxygen atoms in total. The largest absolute Gasteiger partial charge is 0.331 e. The van der Waals surface area contributed by atoms with E-state index < -0.39 is 0 Å². The lowest BCUT2D eigenvalue weighted by atomic mass is 9.93. The van der Waals surface area contributed by atoms with Crippen molar-refractivity contribution in [1.82, 2.24) is 9.55 Å². The van der Waals surface area contributed by atoms with Gasteiger partial charge >= 0.3 is 0 Å². The number of benzene rings is 1. The second kappa shape index (κ2) is 3.67. The minimum atomic E-state index is -0.241. The van der Waals surface area contributed by atoms with Crippen molar-refractivity contribution in [2.75, 3.05) is 0 Å². The third-order valence-corrected chi connectivity index (χ3v) is 4.10. The summed E-state index contributed by atoms with van der Waals surface area (Å²) in [4.78, 5) is 3.13. The van der Waals surface area contributed by atoms with Crippen LogP contribution in [0.4, 0.5) is 4.39 Å². The summed E-state index contributed by atoms with van der Waals surface area (Å²) in [5, 5.41) is 0. The average molecular weight is 301 g/mol. The molecule has 16 heavy (non-hydrogen) atoms. The van der Waals surface area contributed by atoms with Crippen molar-refractivity contribution in [3.05, 3.63) is 27.2 Å². The first-order valence-electron chi connectivity index (χ1n) is 5.26. The van der Waals surface area contributed by atoms with Crippen LogP contribution in [0.5, 0.6) is 0 Å². The highest BCUT2D eigenvalue weighted by Crippen LogP contribution is 2.35. The van der Waals surface area contributed by atoms with Crippen molar-refractivity contribution in [2.24, 2.45) is 0 Å². The number of fused-ring (bicyclic) bond motifs is 1. The summed E-state index contributed by atoms with van der Waals surface area (Å²) >= 11 is 8.47. The first kappa shape index (κ1) is 10.5. The van der Waals surface area contributed by atoms with Gasteiger partial charge in [0, 0.05) is 12.1 Å². The molecule has 5 heteroatoms.